The third-order valence-corrected chi connectivity index (χ3v) is 2.43. The maximum Gasteiger partial charge on any atom is 0.143 e. The summed E-state index contributed by atoms with van der Waals surface area (Å²) in [5, 5.41) is 10.9. The molecule has 0 aliphatic rings. The maximum atomic E-state index is 3.79. The smallest absolute Gasteiger partial charge is 0.143 e. The normalized spacial score (nSPS) is 10.2. The zero-order valence-corrected chi connectivity index (χ0v) is 7.90. The third-order valence-electron chi connectivity index (χ3n) is 1.69. The molecular weight excluding hydrogens is 184 g/mol. The molecule has 13 heavy (non-hydrogen) atoms. The van der Waals surface area contributed by atoms with Crippen LogP contribution in [-0.2, 0) is 0 Å². The molecule has 0 N–H and O–H groups in total. The molecule has 2 rings (SSSR count). The average molecular weight is 192 g/mol. The first kappa shape index (κ1) is 8.25. The van der Waals surface area contributed by atoms with Crippen molar-refractivity contribution in [2.45, 2.75) is 4.90 Å². The minimum Gasteiger partial charge on any atom is -0.201 e. The van der Waals surface area contributed by atoms with Gasteiger partial charge in [-0.25, -0.2) is 4.68 Å². The summed E-state index contributed by atoms with van der Waals surface area (Å²) in [5.74, 6) is 0. The predicted octanol–water partition coefficient (Wildman–Crippen LogP) is 1.38. The van der Waals surface area contributed by atoms with Crippen LogP contribution < -0.4 is 0 Å². The Hall–Kier alpha value is -1.36. The highest BCUT2D eigenvalue weighted by Gasteiger charge is 1.96. The van der Waals surface area contributed by atoms with E-state index >= 15 is 0 Å². The molecule has 1 aromatic carbocycles. The highest BCUT2D eigenvalue weighted by molar-refractivity contribution is 7.98. The number of benzene rings is 1. The lowest BCUT2D eigenvalue weighted by Crippen LogP contribution is -1.93. The largest absolute Gasteiger partial charge is 0.201 e. The van der Waals surface area contributed by atoms with E-state index in [2.05, 4.69) is 15.5 Å². The predicted molar refractivity (Wildman–Crippen MR) is 50.9 cm³/mol. The lowest BCUT2D eigenvalue weighted by molar-refractivity contribution is 0.788. The van der Waals surface area contributed by atoms with Crippen molar-refractivity contribution in [3.8, 4) is 5.69 Å². The Bertz CT molecular complexity index is 368. The molecule has 0 unspecified atom stereocenters. The van der Waals surface area contributed by atoms with Crippen LogP contribution in [0, 0.1) is 0 Å². The highest BCUT2D eigenvalue weighted by atomic mass is 32.2. The number of thioether (sulfide) groups is 1. The summed E-state index contributed by atoms with van der Waals surface area (Å²) in [5.41, 5.74) is 0.975. The van der Waals surface area contributed by atoms with Gasteiger partial charge in [0.15, 0.2) is 0 Å². The van der Waals surface area contributed by atoms with E-state index in [-0.39, 0.29) is 0 Å². The fourth-order valence-electron chi connectivity index (χ4n) is 1.01. The average Bonchev–Trinajstić information content (AvgIpc) is 2.71. The Morgan fingerprint density at radius 3 is 2.54 bits per heavy atom. The molecule has 0 saturated heterocycles. The molecular formula is C8H8N4S. The van der Waals surface area contributed by atoms with Gasteiger partial charge in [0.1, 0.15) is 6.33 Å². The molecule has 0 saturated carbocycles. The zero-order chi connectivity index (χ0) is 9.10. The lowest BCUT2D eigenvalue weighted by Gasteiger charge is -1.99. The Balaban J connectivity index is 2.33. The summed E-state index contributed by atoms with van der Waals surface area (Å²) in [6.45, 7) is 0. The number of tetrazole rings is 1. The summed E-state index contributed by atoms with van der Waals surface area (Å²) < 4.78 is 1.63. The minimum absolute atomic E-state index is 0.975. The van der Waals surface area contributed by atoms with E-state index in [1.165, 1.54) is 4.90 Å². The van der Waals surface area contributed by atoms with E-state index in [9.17, 15) is 0 Å². The first-order chi connectivity index (χ1) is 6.40. The van der Waals surface area contributed by atoms with Gasteiger partial charge in [0.2, 0.25) is 0 Å². The Labute approximate surface area is 80.0 Å². The van der Waals surface area contributed by atoms with E-state index in [1.54, 1.807) is 22.8 Å². The SMILES string of the molecule is CSc1ccc(-n2cnnn2)cc1. The monoisotopic (exact) mass is 192 g/mol. The number of hydrogen-bond acceptors (Lipinski definition) is 4. The lowest BCUT2D eigenvalue weighted by atomic mass is 10.3. The minimum atomic E-state index is 0.975. The molecule has 0 bridgehead atoms. The van der Waals surface area contributed by atoms with Crippen molar-refractivity contribution >= 4 is 11.8 Å². The van der Waals surface area contributed by atoms with Gasteiger partial charge in [-0.3, -0.25) is 0 Å². The second-order valence-electron chi connectivity index (χ2n) is 2.45. The van der Waals surface area contributed by atoms with Crippen molar-refractivity contribution in [2.24, 2.45) is 0 Å². The Morgan fingerprint density at radius 2 is 2.00 bits per heavy atom. The molecule has 4 nitrogen and oxygen atoms in total. The first-order valence-electron chi connectivity index (χ1n) is 3.77. The maximum absolute atomic E-state index is 3.79. The topological polar surface area (TPSA) is 43.6 Å². The van der Waals surface area contributed by atoms with Crippen LogP contribution in [0.4, 0.5) is 0 Å². The van der Waals surface area contributed by atoms with Gasteiger partial charge < -0.3 is 0 Å². The van der Waals surface area contributed by atoms with E-state index < -0.39 is 0 Å². The van der Waals surface area contributed by atoms with Crippen molar-refractivity contribution in [1.29, 1.82) is 0 Å². The second kappa shape index (κ2) is 3.57. The van der Waals surface area contributed by atoms with Crippen molar-refractivity contribution < 1.29 is 0 Å². The van der Waals surface area contributed by atoms with Crippen molar-refractivity contribution in [1.82, 2.24) is 20.2 Å². The number of aromatic nitrogens is 4. The quantitative estimate of drug-likeness (QED) is 0.674. The van der Waals surface area contributed by atoms with Crippen molar-refractivity contribution in [3.05, 3.63) is 30.6 Å². The molecule has 0 aliphatic heterocycles. The number of rotatable bonds is 2. The second-order valence-corrected chi connectivity index (χ2v) is 3.33. The van der Waals surface area contributed by atoms with Crippen LogP contribution >= 0.6 is 11.8 Å². The van der Waals surface area contributed by atoms with Crippen LogP contribution in [0.2, 0.25) is 0 Å². The molecule has 2 aromatic rings. The highest BCUT2D eigenvalue weighted by Crippen LogP contribution is 2.15. The molecule has 66 valence electrons. The Morgan fingerprint density at radius 1 is 1.23 bits per heavy atom. The van der Waals surface area contributed by atoms with Crippen molar-refractivity contribution in [2.75, 3.05) is 6.26 Å². The van der Waals surface area contributed by atoms with E-state index in [0.717, 1.165) is 5.69 Å². The van der Waals surface area contributed by atoms with Gasteiger partial charge in [0, 0.05) is 4.90 Å². The van der Waals surface area contributed by atoms with E-state index in [4.69, 9.17) is 0 Å². The molecule has 0 aliphatic carbocycles. The van der Waals surface area contributed by atoms with Crippen LogP contribution in [0.3, 0.4) is 0 Å². The summed E-state index contributed by atoms with van der Waals surface area (Å²) in [7, 11) is 0. The van der Waals surface area contributed by atoms with Crippen LogP contribution in [-0.4, -0.2) is 26.5 Å². The molecule has 0 atom stereocenters. The summed E-state index contributed by atoms with van der Waals surface area (Å²) in [6.07, 6.45) is 3.63. The van der Waals surface area contributed by atoms with Gasteiger partial charge in [-0.15, -0.1) is 16.9 Å². The molecule has 0 amide bonds. The first-order valence-corrected chi connectivity index (χ1v) is 5.00. The summed E-state index contributed by atoms with van der Waals surface area (Å²) >= 11 is 1.71. The fourth-order valence-corrected chi connectivity index (χ4v) is 1.42. The van der Waals surface area contributed by atoms with Gasteiger partial charge in [0.25, 0.3) is 0 Å². The number of hydrogen-bond donors (Lipinski definition) is 0. The van der Waals surface area contributed by atoms with Crippen LogP contribution in [0.15, 0.2) is 35.5 Å². The van der Waals surface area contributed by atoms with Gasteiger partial charge in [0.05, 0.1) is 5.69 Å². The van der Waals surface area contributed by atoms with Crippen LogP contribution in [0.25, 0.3) is 5.69 Å². The van der Waals surface area contributed by atoms with Crippen LogP contribution in [0.5, 0.6) is 0 Å². The van der Waals surface area contributed by atoms with E-state index in [1.807, 2.05) is 30.5 Å². The van der Waals surface area contributed by atoms with Gasteiger partial charge >= 0.3 is 0 Å². The molecule has 5 heteroatoms. The van der Waals surface area contributed by atoms with Gasteiger partial charge in [-0.05, 0) is 40.9 Å². The van der Waals surface area contributed by atoms with Gasteiger partial charge in [-0.1, -0.05) is 0 Å². The van der Waals surface area contributed by atoms with Crippen LogP contribution in [0.1, 0.15) is 0 Å². The van der Waals surface area contributed by atoms with Gasteiger partial charge in [-0.2, -0.15) is 0 Å². The zero-order valence-electron chi connectivity index (χ0n) is 7.08. The summed E-state index contributed by atoms with van der Waals surface area (Å²) in [4.78, 5) is 1.23. The van der Waals surface area contributed by atoms with Crippen molar-refractivity contribution in [3.63, 3.8) is 0 Å². The standard InChI is InChI=1S/C8H8N4S/c1-13-8-4-2-7(3-5-8)12-6-9-10-11-12/h2-6H,1H3. The molecule has 1 heterocycles. The fraction of sp³-hybridized carbons (Fsp3) is 0.125. The molecule has 1 aromatic heterocycles. The number of nitrogens with zero attached hydrogens (tertiary/aromatic N) is 4. The third kappa shape index (κ3) is 1.70. The molecule has 0 spiro atoms. The molecule has 0 fully saturated rings. The molecule has 0 radical (unpaired) electrons. The Kier molecular flexibility index (Phi) is 2.27. The van der Waals surface area contributed by atoms with E-state index in [0.29, 0.717) is 0 Å². The summed E-state index contributed by atoms with van der Waals surface area (Å²) in [6, 6.07) is 8.06.